The maximum Gasteiger partial charge on any atom is 0.251 e. The predicted octanol–water partition coefficient (Wildman–Crippen LogP) is 2.30. The van der Waals surface area contributed by atoms with E-state index < -0.39 is 33.4 Å². The van der Waals surface area contributed by atoms with Crippen LogP contribution in [0.3, 0.4) is 0 Å². The van der Waals surface area contributed by atoms with E-state index in [0.717, 1.165) is 34.8 Å². The Morgan fingerprint density at radius 1 is 1.04 bits per heavy atom. The van der Waals surface area contributed by atoms with Crippen molar-refractivity contribution in [2.24, 2.45) is 0 Å². The number of nitrogens with zero attached hydrogens (tertiary/aromatic N) is 1. The number of para-hydroxylation sites is 1. The first-order chi connectivity index (χ1) is 11.7. The summed E-state index contributed by atoms with van der Waals surface area (Å²) in [5.41, 5.74) is -0.261. The third kappa shape index (κ3) is 4.72. The average molecular weight is 372 g/mol. The molecule has 0 atom stereocenters. The molecule has 0 saturated heterocycles. The summed E-state index contributed by atoms with van der Waals surface area (Å²) in [6, 6.07) is 7.96. The first-order valence-electron chi connectivity index (χ1n) is 7.15. The van der Waals surface area contributed by atoms with E-state index in [1.807, 2.05) is 0 Å². The van der Waals surface area contributed by atoms with Crippen LogP contribution in [-0.2, 0) is 10.0 Å². The third-order valence-corrected chi connectivity index (χ3v) is 4.48. The molecule has 1 N–H and O–H groups in total. The molecule has 1 amide bonds. The van der Waals surface area contributed by atoms with E-state index in [4.69, 9.17) is 0 Å². The van der Waals surface area contributed by atoms with E-state index in [0.29, 0.717) is 0 Å². The minimum absolute atomic E-state index is 0.115. The quantitative estimate of drug-likeness (QED) is 0.846. The fraction of sp³-hybridized carbons (Fsp3) is 0.188. The molecule has 0 radical (unpaired) electrons. The molecule has 0 saturated carbocycles. The standard InChI is InChI=1S/C16H15F3N2O3S/c1-25(23,24)21(15-5-3-2-4-13(15)18)9-8-20-16(22)11-6-7-12(17)14(19)10-11/h2-7,10H,8-9H2,1H3,(H,20,22). The van der Waals surface area contributed by atoms with Crippen molar-refractivity contribution < 1.29 is 26.4 Å². The first-order valence-corrected chi connectivity index (χ1v) is 9.00. The Labute approximate surface area is 143 Å². The zero-order valence-electron chi connectivity index (χ0n) is 13.2. The molecule has 0 aliphatic heterocycles. The van der Waals surface area contributed by atoms with Crippen LogP contribution in [0.5, 0.6) is 0 Å². The van der Waals surface area contributed by atoms with Crippen LogP contribution in [0.25, 0.3) is 0 Å². The third-order valence-electron chi connectivity index (χ3n) is 3.30. The van der Waals surface area contributed by atoms with Crippen molar-refractivity contribution >= 4 is 21.6 Å². The van der Waals surface area contributed by atoms with Gasteiger partial charge in [-0.15, -0.1) is 0 Å². The van der Waals surface area contributed by atoms with Crippen LogP contribution < -0.4 is 9.62 Å². The van der Waals surface area contributed by atoms with E-state index in [-0.39, 0.29) is 24.3 Å². The second-order valence-electron chi connectivity index (χ2n) is 5.17. The molecule has 0 aromatic heterocycles. The highest BCUT2D eigenvalue weighted by atomic mass is 32.2. The topological polar surface area (TPSA) is 66.5 Å². The zero-order chi connectivity index (χ0) is 18.6. The minimum atomic E-state index is -3.78. The molecule has 134 valence electrons. The molecule has 0 bridgehead atoms. The highest BCUT2D eigenvalue weighted by molar-refractivity contribution is 7.92. The van der Waals surface area contributed by atoms with Crippen LogP contribution in [0.15, 0.2) is 42.5 Å². The Morgan fingerprint density at radius 2 is 1.72 bits per heavy atom. The molecule has 2 rings (SSSR count). The molecule has 25 heavy (non-hydrogen) atoms. The molecule has 2 aromatic rings. The molecular weight excluding hydrogens is 357 g/mol. The van der Waals surface area contributed by atoms with Crippen LogP contribution in [0.1, 0.15) is 10.4 Å². The summed E-state index contributed by atoms with van der Waals surface area (Å²) in [7, 11) is -3.78. The Kier molecular flexibility index (Phi) is 5.68. The van der Waals surface area contributed by atoms with Gasteiger partial charge in [0.1, 0.15) is 5.82 Å². The van der Waals surface area contributed by atoms with Crippen molar-refractivity contribution in [3.05, 3.63) is 65.5 Å². The predicted molar refractivity (Wildman–Crippen MR) is 87.3 cm³/mol. The van der Waals surface area contributed by atoms with Gasteiger partial charge in [0.2, 0.25) is 10.0 Å². The van der Waals surface area contributed by atoms with Crippen molar-refractivity contribution in [1.82, 2.24) is 5.32 Å². The van der Waals surface area contributed by atoms with Crippen LogP contribution in [0.4, 0.5) is 18.9 Å². The Hall–Kier alpha value is -2.55. The zero-order valence-corrected chi connectivity index (χ0v) is 14.0. The highest BCUT2D eigenvalue weighted by Crippen LogP contribution is 2.20. The summed E-state index contributed by atoms with van der Waals surface area (Å²) < 4.78 is 64.4. The van der Waals surface area contributed by atoms with Crippen LogP contribution in [0, 0.1) is 17.5 Å². The number of hydrogen-bond acceptors (Lipinski definition) is 3. The van der Waals surface area contributed by atoms with Gasteiger partial charge in [-0.3, -0.25) is 9.10 Å². The molecule has 0 fully saturated rings. The van der Waals surface area contributed by atoms with Gasteiger partial charge < -0.3 is 5.32 Å². The number of benzene rings is 2. The number of carbonyl (C=O) groups is 1. The van der Waals surface area contributed by atoms with Gasteiger partial charge in [0, 0.05) is 12.1 Å². The van der Waals surface area contributed by atoms with Gasteiger partial charge >= 0.3 is 0 Å². The average Bonchev–Trinajstić information content (AvgIpc) is 2.54. The van der Waals surface area contributed by atoms with E-state index in [2.05, 4.69) is 5.32 Å². The van der Waals surface area contributed by atoms with Crippen molar-refractivity contribution in [3.8, 4) is 0 Å². The van der Waals surface area contributed by atoms with Gasteiger partial charge in [0.25, 0.3) is 5.91 Å². The number of halogens is 3. The van der Waals surface area contributed by atoms with Gasteiger partial charge in [-0.25, -0.2) is 21.6 Å². The highest BCUT2D eigenvalue weighted by Gasteiger charge is 2.20. The summed E-state index contributed by atoms with van der Waals surface area (Å²) in [5.74, 6) is -3.68. The summed E-state index contributed by atoms with van der Waals surface area (Å²) >= 11 is 0. The van der Waals surface area contributed by atoms with E-state index >= 15 is 0 Å². The number of hydrogen-bond donors (Lipinski definition) is 1. The molecular formula is C16H15F3N2O3S. The van der Waals surface area contributed by atoms with E-state index in [1.165, 1.54) is 18.2 Å². The maximum absolute atomic E-state index is 13.8. The molecule has 2 aromatic carbocycles. The monoisotopic (exact) mass is 372 g/mol. The normalized spacial score (nSPS) is 11.2. The second-order valence-corrected chi connectivity index (χ2v) is 7.08. The Morgan fingerprint density at radius 3 is 2.32 bits per heavy atom. The summed E-state index contributed by atoms with van der Waals surface area (Å²) in [6.45, 7) is -0.381. The van der Waals surface area contributed by atoms with Gasteiger partial charge in [0.15, 0.2) is 11.6 Å². The van der Waals surface area contributed by atoms with Gasteiger partial charge in [-0.1, -0.05) is 12.1 Å². The fourth-order valence-electron chi connectivity index (χ4n) is 2.13. The van der Waals surface area contributed by atoms with Crippen molar-refractivity contribution in [2.75, 3.05) is 23.7 Å². The molecule has 9 heteroatoms. The van der Waals surface area contributed by atoms with Crippen molar-refractivity contribution in [2.45, 2.75) is 0 Å². The number of amides is 1. The lowest BCUT2D eigenvalue weighted by Crippen LogP contribution is -2.38. The summed E-state index contributed by atoms with van der Waals surface area (Å²) in [6.07, 6.45) is 0.913. The smallest absolute Gasteiger partial charge is 0.251 e. The van der Waals surface area contributed by atoms with Crippen LogP contribution >= 0.6 is 0 Å². The summed E-state index contributed by atoms with van der Waals surface area (Å²) in [4.78, 5) is 11.9. The fourth-order valence-corrected chi connectivity index (χ4v) is 3.06. The SMILES string of the molecule is CS(=O)(=O)N(CCNC(=O)c1ccc(F)c(F)c1)c1ccccc1F. The van der Waals surface area contributed by atoms with E-state index in [1.54, 1.807) is 0 Å². The Bertz CT molecular complexity index is 888. The summed E-state index contributed by atoms with van der Waals surface area (Å²) in [5, 5.41) is 2.38. The number of rotatable bonds is 6. The molecule has 0 spiro atoms. The number of sulfonamides is 1. The van der Waals surface area contributed by atoms with Gasteiger partial charge in [0.05, 0.1) is 18.5 Å². The molecule has 0 aliphatic rings. The van der Waals surface area contributed by atoms with Crippen LogP contribution in [0.2, 0.25) is 0 Å². The second kappa shape index (κ2) is 7.56. The minimum Gasteiger partial charge on any atom is -0.350 e. The van der Waals surface area contributed by atoms with E-state index in [9.17, 15) is 26.4 Å². The number of anilines is 1. The van der Waals surface area contributed by atoms with Gasteiger partial charge in [-0.05, 0) is 30.3 Å². The van der Waals surface area contributed by atoms with Crippen molar-refractivity contribution in [3.63, 3.8) is 0 Å². The lowest BCUT2D eigenvalue weighted by Gasteiger charge is -2.23. The molecule has 0 unspecified atom stereocenters. The van der Waals surface area contributed by atoms with Crippen molar-refractivity contribution in [1.29, 1.82) is 0 Å². The Balaban J connectivity index is 2.08. The maximum atomic E-state index is 13.8. The molecule has 5 nitrogen and oxygen atoms in total. The lowest BCUT2D eigenvalue weighted by molar-refractivity contribution is 0.0954. The number of nitrogens with one attached hydrogen (secondary N) is 1. The number of carbonyl (C=O) groups excluding carboxylic acids is 1. The van der Waals surface area contributed by atoms with Gasteiger partial charge in [-0.2, -0.15) is 0 Å². The lowest BCUT2D eigenvalue weighted by atomic mass is 10.2. The van der Waals surface area contributed by atoms with Crippen LogP contribution in [-0.4, -0.2) is 33.7 Å². The first kappa shape index (κ1) is 18.8. The molecule has 0 aliphatic carbocycles. The molecule has 0 heterocycles. The largest absolute Gasteiger partial charge is 0.350 e.